The Morgan fingerprint density at radius 2 is 1.90 bits per heavy atom. The van der Waals surface area contributed by atoms with Crippen molar-refractivity contribution in [2.45, 2.75) is 25.9 Å². The van der Waals surface area contributed by atoms with E-state index in [0.29, 0.717) is 12.6 Å². The van der Waals surface area contributed by atoms with Gasteiger partial charge in [-0.2, -0.15) is 0 Å². The lowest BCUT2D eigenvalue weighted by molar-refractivity contribution is 0.129. The number of likely N-dealkylation sites (N-methyl/N-ethyl adjacent to an activating group) is 1. The lowest BCUT2D eigenvalue weighted by atomic mass is 10.2. The second-order valence-electron chi connectivity index (χ2n) is 2.78. The van der Waals surface area contributed by atoms with Crippen LogP contribution in [0.25, 0.3) is 0 Å². The molecule has 0 rings (SSSR count). The fourth-order valence-electron chi connectivity index (χ4n) is 0.729. The summed E-state index contributed by atoms with van der Waals surface area (Å²) in [6, 6.07) is 0.556. The lowest BCUT2D eigenvalue weighted by Crippen LogP contribution is -2.42. The van der Waals surface area contributed by atoms with Gasteiger partial charge in [-0.15, -0.1) is 0 Å². The van der Waals surface area contributed by atoms with Gasteiger partial charge in [0.2, 0.25) is 0 Å². The van der Waals surface area contributed by atoms with E-state index >= 15 is 0 Å². The minimum absolute atomic E-state index is 0.195. The molecule has 3 heteroatoms. The van der Waals surface area contributed by atoms with Crippen LogP contribution >= 0.6 is 0 Å². The predicted octanol–water partition coefficient (Wildman–Crippen LogP) is -0.354. The van der Waals surface area contributed by atoms with Gasteiger partial charge >= 0.3 is 0 Å². The largest absolute Gasteiger partial charge is 0.395 e. The van der Waals surface area contributed by atoms with Gasteiger partial charge in [0.1, 0.15) is 0 Å². The summed E-state index contributed by atoms with van der Waals surface area (Å²) >= 11 is 0. The van der Waals surface area contributed by atoms with Gasteiger partial charge in [0.05, 0.1) is 6.61 Å². The second kappa shape index (κ2) is 4.66. The first-order valence-electron chi connectivity index (χ1n) is 3.66. The van der Waals surface area contributed by atoms with Crippen LogP contribution in [0.3, 0.4) is 0 Å². The van der Waals surface area contributed by atoms with Crippen LogP contribution in [0.4, 0.5) is 0 Å². The maximum Gasteiger partial charge on any atom is 0.0584 e. The molecule has 0 aromatic carbocycles. The van der Waals surface area contributed by atoms with Gasteiger partial charge in [0, 0.05) is 18.6 Å². The Balaban J connectivity index is 3.69. The average Bonchev–Trinajstić information content (AvgIpc) is 2.00. The highest BCUT2D eigenvalue weighted by molar-refractivity contribution is 4.69. The number of nitrogens with two attached hydrogens (primary N) is 1. The predicted molar refractivity (Wildman–Crippen MR) is 42.8 cm³/mol. The van der Waals surface area contributed by atoms with Crippen LogP contribution < -0.4 is 5.73 Å². The fourth-order valence-corrected chi connectivity index (χ4v) is 0.729. The molecular formula is C7H18N2O. The molecule has 0 aliphatic rings. The third kappa shape index (κ3) is 2.64. The van der Waals surface area contributed by atoms with Crippen molar-refractivity contribution in [2.24, 2.45) is 5.73 Å². The maximum atomic E-state index is 8.77. The first kappa shape index (κ1) is 9.88. The summed E-state index contributed by atoms with van der Waals surface area (Å²) in [6.07, 6.45) is 0. The maximum absolute atomic E-state index is 8.77. The molecular weight excluding hydrogens is 128 g/mol. The van der Waals surface area contributed by atoms with E-state index < -0.39 is 0 Å². The van der Waals surface area contributed by atoms with E-state index in [1.807, 2.05) is 20.9 Å². The Kier molecular flexibility index (Phi) is 4.60. The van der Waals surface area contributed by atoms with Crippen molar-refractivity contribution in [3.8, 4) is 0 Å². The van der Waals surface area contributed by atoms with E-state index in [1.165, 1.54) is 0 Å². The topological polar surface area (TPSA) is 49.5 Å². The molecule has 3 nitrogen and oxygen atoms in total. The van der Waals surface area contributed by atoms with Crippen molar-refractivity contribution < 1.29 is 5.11 Å². The molecule has 0 bridgehead atoms. The van der Waals surface area contributed by atoms with Crippen LogP contribution in [-0.2, 0) is 0 Å². The Bertz CT molecular complexity index is 77.7. The van der Waals surface area contributed by atoms with Crippen molar-refractivity contribution in [1.82, 2.24) is 4.90 Å². The van der Waals surface area contributed by atoms with Crippen molar-refractivity contribution >= 4 is 0 Å². The molecule has 0 heterocycles. The Hall–Kier alpha value is -0.120. The van der Waals surface area contributed by atoms with Crippen molar-refractivity contribution in [3.63, 3.8) is 0 Å². The molecule has 0 aliphatic carbocycles. The molecule has 2 unspecified atom stereocenters. The quantitative estimate of drug-likeness (QED) is 0.570. The van der Waals surface area contributed by atoms with Gasteiger partial charge < -0.3 is 10.8 Å². The van der Waals surface area contributed by atoms with E-state index in [2.05, 4.69) is 4.90 Å². The van der Waals surface area contributed by atoms with E-state index in [9.17, 15) is 0 Å². The Morgan fingerprint density at radius 1 is 1.40 bits per heavy atom. The van der Waals surface area contributed by atoms with Crippen molar-refractivity contribution in [2.75, 3.05) is 20.2 Å². The normalized spacial score (nSPS) is 17.4. The zero-order valence-electron chi connectivity index (χ0n) is 7.04. The summed E-state index contributed by atoms with van der Waals surface area (Å²) in [6.45, 7) is 4.86. The highest BCUT2D eigenvalue weighted by Crippen LogP contribution is 1.99. The van der Waals surface area contributed by atoms with Crippen LogP contribution in [-0.4, -0.2) is 42.3 Å². The summed E-state index contributed by atoms with van der Waals surface area (Å²) in [5, 5.41) is 8.77. The number of hydrogen-bond donors (Lipinski definition) is 2. The summed E-state index contributed by atoms with van der Waals surface area (Å²) in [4.78, 5) is 2.07. The standard InChI is InChI=1S/C7H18N2O/c1-6(4-8)9(3)7(2)5-10/h6-7,10H,4-5,8H2,1-3H3. The number of aliphatic hydroxyl groups is 1. The van der Waals surface area contributed by atoms with Crippen molar-refractivity contribution in [1.29, 1.82) is 0 Å². The molecule has 3 N–H and O–H groups in total. The van der Waals surface area contributed by atoms with Crippen LogP contribution in [0.15, 0.2) is 0 Å². The SMILES string of the molecule is CC(CN)N(C)C(C)CO. The van der Waals surface area contributed by atoms with E-state index in [-0.39, 0.29) is 12.6 Å². The Morgan fingerprint density at radius 3 is 2.20 bits per heavy atom. The van der Waals surface area contributed by atoms with Crippen LogP contribution in [0.5, 0.6) is 0 Å². The zero-order valence-corrected chi connectivity index (χ0v) is 7.04. The first-order chi connectivity index (χ1) is 4.63. The molecule has 0 saturated carbocycles. The second-order valence-corrected chi connectivity index (χ2v) is 2.78. The molecule has 0 radical (unpaired) electrons. The number of rotatable bonds is 4. The lowest BCUT2D eigenvalue weighted by Gasteiger charge is -2.28. The molecule has 62 valence electrons. The number of nitrogens with zero attached hydrogens (tertiary/aromatic N) is 1. The van der Waals surface area contributed by atoms with Gasteiger partial charge in [0.15, 0.2) is 0 Å². The highest BCUT2D eigenvalue weighted by atomic mass is 16.3. The minimum Gasteiger partial charge on any atom is -0.395 e. The van der Waals surface area contributed by atoms with Gasteiger partial charge in [-0.05, 0) is 20.9 Å². The molecule has 0 aromatic rings. The first-order valence-corrected chi connectivity index (χ1v) is 3.66. The average molecular weight is 146 g/mol. The highest BCUT2D eigenvalue weighted by Gasteiger charge is 2.12. The molecule has 0 aliphatic heterocycles. The monoisotopic (exact) mass is 146 g/mol. The molecule has 0 spiro atoms. The third-order valence-corrected chi connectivity index (χ3v) is 2.00. The van der Waals surface area contributed by atoms with Gasteiger partial charge in [0.25, 0.3) is 0 Å². The van der Waals surface area contributed by atoms with Crippen LogP contribution in [0.1, 0.15) is 13.8 Å². The fraction of sp³-hybridized carbons (Fsp3) is 1.00. The minimum atomic E-state index is 0.195. The van der Waals surface area contributed by atoms with Crippen LogP contribution in [0.2, 0.25) is 0 Å². The summed E-state index contributed by atoms with van der Waals surface area (Å²) in [7, 11) is 1.97. The molecule has 10 heavy (non-hydrogen) atoms. The van der Waals surface area contributed by atoms with Crippen LogP contribution in [0, 0.1) is 0 Å². The molecule has 0 fully saturated rings. The van der Waals surface area contributed by atoms with Gasteiger partial charge in [-0.3, -0.25) is 4.90 Å². The number of hydrogen-bond acceptors (Lipinski definition) is 3. The smallest absolute Gasteiger partial charge is 0.0584 e. The van der Waals surface area contributed by atoms with E-state index in [0.717, 1.165) is 0 Å². The molecule has 0 aromatic heterocycles. The van der Waals surface area contributed by atoms with E-state index in [4.69, 9.17) is 10.8 Å². The summed E-state index contributed by atoms with van der Waals surface area (Å²) in [5.41, 5.74) is 5.44. The van der Waals surface area contributed by atoms with Crippen molar-refractivity contribution in [3.05, 3.63) is 0 Å². The third-order valence-electron chi connectivity index (χ3n) is 2.00. The molecule has 2 atom stereocenters. The summed E-state index contributed by atoms with van der Waals surface area (Å²) < 4.78 is 0. The zero-order chi connectivity index (χ0) is 8.15. The van der Waals surface area contributed by atoms with Gasteiger partial charge in [-0.1, -0.05) is 0 Å². The number of aliphatic hydroxyl groups excluding tert-OH is 1. The van der Waals surface area contributed by atoms with E-state index in [1.54, 1.807) is 0 Å². The summed E-state index contributed by atoms with van der Waals surface area (Å²) in [5.74, 6) is 0. The Labute approximate surface area is 62.8 Å². The molecule has 0 amide bonds. The van der Waals surface area contributed by atoms with Gasteiger partial charge in [-0.25, -0.2) is 0 Å². The molecule has 0 saturated heterocycles.